The molecular formula is C19H32N4. The van der Waals surface area contributed by atoms with E-state index in [0.29, 0.717) is 18.3 Å². The van der Waals surface area contributed by atoms with E-state index in [-0.39, 0.29) is 0 Å². The molecule has 2 aliphatic carbocycles. The van der Waals surface area contributed by atoms with Gasteiger partial charge in [-0.2, -0.15) is 10.5 Å². The fourth-order valence-corrected chi connectivity index (χ4v) is 5.15. The molecule has 2 aliphatic rings. The zero-order chi connectivity index (χ0) is 16.9. The minimum absolute atomic E-state index is 0.378. The van der Waals surface area contributed by atoms with Crippen LogP contribution in [0.4, 0.5) is 0 Å². The Kier molecular flexibility index (Phi) is 6.06. The van der Waals surface area contributed by atoms with E-state index < -0.39 is 17.0 Å². The van der Waals surface area contributed by atoms with Crippen LogP contribution in [0.1, 0.15) is 77.6 Å². The highest BCUT2D eigenvalue weighted by Crippen LogP contribution is 2.47. The second-order valence-electron chi connectivity index (χ2n) is 8.04. The summed E-state index contributed by atoms with van der Waals surface area (Å²) in [5, 5.41) is 18.4. The van der Waals surface area contributed by atoms with Gasteiger partial charge >= 0.3 is 0 Å². The molecule has 0 heterocycles. The van der Waals surface area contributed by atoms with Gasteiger partial charge in [0, 0.05) is 11.1 Å². The van der Waals surface area contributed by atoms with E-state index in [0.717, 1.165) is 25.7 Å². The Morgan fingerprint density at radius 1 is 0.870 bits per heavy atom. The van der Waals surface area contributed by atoms with Crippen LogP contribution in [-0.4, -0.2) is 11.1 Å². The van der Waals surface area contributed by atoms with Gasteiger partial charge < -0.3 is 11.5 Å². The molecule has 4 heteroatoms. The summed E-state index contributed by atoms with van der Waals surface area (Å²) < 4.78 is 0. The molecule has 0 aromatic rings. The first kappa shape index (κ1) is 18.2. The number of nitriles is 2. The molecule has 0 saturated heterocycles. The van der Waals surface area contributed by atoms with Gasteiger partial charge in [0.05, 0.1) is 12.1 Å². The Morgan fingerprint density at radius 2 is 1.26 bits per heavy atom. The van der Waals surface area contributed by atoms with Crippen molar-refractivity contribution in [1.82, 2.24) is 0 Å². The highest BCUT2D eigenvalue weighted by Gasteiger charge is 2.53. The van der Waals surface area contributed by atoms with Crippen molar-refractivity contribution in [1.29, 1.82) is 10.5 Å². The van der Waals surface area contributed by atoms with Crippen LogP contribution in [0.5, 0.6) is 0 Å². The van der Waals surface area contributed by atoms with Gasteiger partial charge in [-0.25, -0.2) is 0 Å². The molecule has 0 aliphatic heterocycles. The van der Waals surface area contributed by atoms with E-state index in [4.69, 9.17) is 11.5 Å². The summed E-state index contributed by atoms with van der Waals surface area (Å²) in [7, 11) is 0. The van der Waals surface area contributed by atoms with Crippen LogP contribution in [0.2, 0.25) is 0 Å². The fourth-order valence-electron chi connectivity index (χ4n) is 5.15. The third kappa shape index (κ3) is 3.70. The van der Waals surface area contributed by atoms with Crippen molar-refractivity contribution in [2.24, 2.45) is 29.2 Å². The molecule has 1 atom stereocenters. The van der Waals surface area contributed by atoms with Gasteiger partial charge in [-0.15, -0.1) is 0 Å². The maximum absolute atomic E-state index is 9.21. The molecule has 0 radical (unpaired) electrons. The summed E-state index contributed by atoms with van der Waals surface area (Å²) in [5.74, 6) is 0.180. The third-order valence-corrected chi connectivity index (χ3v) is 6.49. The quantitative estimate of drug-likeness (QED) is 0.809. The number of nitrogens with two attached hydrogens (primary N) is 2. The van der Waals surface area contributed by atoms with Crippen LogP contribution >= 0.6 is 0 Å². The van der Waals surface area contributed by atoms with Gasteiger partial charge in [-0.05, 0) is 50.9 Å². The lowest BCUT2D eigenvalue weighted by molar-refractivity contribution is 0.0324. The molecule has 2 saturated carbocycles. The van der Waals surface area contributed by atoms with E-state index in [9.17, 15) is 10.5 Å². The van der Waals surface area contributed by atoms with Crippen molar-refractivity contribution in [2.75, 3.05) is 0 Å². The molecule has 1 unspecified atom stereocenters. The van der Waals surface area contributed by atoms with Crippen LogP contribution < -0.4 is 11.5 Å². The van der Waals surface area contributed by atoms with Gasteiger partial charge in [-0.3, -0.25) is 0 Å². The van der Waals surface area contributed by atoms with Gasteiger partial charge in [0.25, 0.3) is 0 Å². The van der Waals surface area contributed by atoms with E-state index >= 15 is 0 Å². The van der Waals surface area contributed by atoms with Crippen molar-refractivity contribution in [2.45, 2.75) is 88.6 Å². The van der Waals surface area contributed by atoms with Crippen molar-refractivity contribution < 1.29 is 0 Å². The molecule has 2 rings (SSSR count). The molecule has 0 spiro atoms. The van der Waals surface area contributed by atoms with Crippen molar-refractivity contribution in [3.8, 4) is 12.1 Å². The third-order valence-electron chi connectivity index (χ3n) is 6.49. The fraction of sp³-hybridized carbons (Fsp3) is 0.895. The summed E-state index contributed by atoms with van der Waals surface area (Å²) in [6.45, 7) is 2.00. The number of nitrogens with zero attached hydrogens (tertiary/aromatic N) is 2. The lowest BCUT2D eigenvalue weighted by Gasteiger charge is -2.55. The van der Waals surface area contributed by atoms with Crippen LogP contribution in [-0.2, 0) is 0 Å². The molecule has 0 aromatic heterocycles. The average Bonchev–Trinajstić information content (AvgIpc) is 2.60. The van der Waals surface area contributed by atoms with Crippen LogP contribution in [0, 0.1) is 40.4 Å². The lowest BCUT2D eigenvalue weighted by Crippen LogP contribution is -2.72. The van der Waals surface area contributed by atoms with Gasteiger partial charge in [0.15, 0.2) is 0 Å². The van der Waals surface area contributed by atoms with E-state index in [2.05, 4.69) is 12.1 Å². The van der Waals surface area contributed by atoms with Gasteiger partial charge in [0.2, 0.25) is 0 Å². The van der Waals surface area contributed by atoms with E-state index in [1.165, 1.54) is 38.5 Å². The molecule has 128 valence electrons. The first-order chi connectivity index (χ1) is 11.0. The first-order valence-electron chi connectivity index (χ1n) is 9.32. The normalized spacial score (nSPS) is 23.9. The highest BCUT2D eigenvalue weighted by atomic mass is 14.9. The van der Waals surface area contributed by atoms with Crippen LogP contribution in [0.15, 0.2) is 0 Å². The van der Waals surface area contributed by atoms with Crippen molar-refractivity contribution in [3.63, 3.8) is 0 Å². The summed E-state index contributed by atoms with van der Waals surface area (Å²) in [5.41, 5.74) is 12.8. The van der Waals surface area contributed by atoms with E-state index in [1.54, 1.807) is 0 Å². The molecule has 4 nitrogen and oxygen atoms in total. The maximum atomic E-state index is 9.21. The Labute approximate surface area is 141 Å². The average molecular weight is 316 g/mol. The first-order valence-corrected chi connectivity index (χ1v) is 9.32. The number of hydrogen-bond donors (Lipinski definition) is 2. The Morgan fingerprint density at radius 3 is 1.61 bits per heavy atom. The molecule has 4 N–H and O–H groups in total. The Bertz CT molecular complexity index is 427. The van der Waals surface area contributed by atoms with Crippen LogP contribution in [0.25, 0.3) is 0 Å². The molecule has 0 aromatic carbocycles. The largest absolute Gasteiger partial charge is 0.324 e. The monoisotopic (exact) mass is 316 g/mol. The molecule has 23 heavy (non-hydrogen) atoms. The minimum Gasteiger partial charge on any atom is -0.324 e. The van der Waals surface area contributed by atoms with E-state index in [1.807, 2.05) is 6.92 Å². The predicted molar refractivity (Wildman–Crippen MR) is 92.0 cm³/mol. The predicted octanol–water partition coefficient (Wildman–Crippen LogP) is 3.62. The molecule has 2 fully saturated rings. The Balaban J connectivity index is 2.31. The zero-order valence-corrected chi connectivity index (χ0v) is 14.6. The summed E-state index contributed by atoms with van der Waals surface area (Å²) in [4.78, 5) is 0. The molecular weight excluding hydrogens is 284 g/mol. The van der Waals surface area contributed by atoms with Gasteiger partial charge in [-0.1, -0.05) is 38.5 Å². The second kappa shape index (κ2) is 7.65. The summed E-state index contributed by atoms with van der Waals surface area (Å²) >= 11 is 0. The standard InChI is InChI=1S/C19H32N4/c1-18(22,12-15(13-20)14-21)19(23,16-8-4-2-5-9-16)17-10-6-3-7-11-17/h15-17H,2-12,22-23H2,1H3. The zero-order valence-electron chi connectivity index (χ0n) is 14.6. The van der Waals surface area contributed by atoms with Crippen molar-refractivity contribution >= 4 is 0 Å². The second-order valence-corrected chi connectivity index (χ2v) is 8.04. The highest BCUT2D eigenvalue weighted by molar-refractivity contribution is 5.16. The SMILES string of the molecule is CC(N)(CC(C#N)C#N)C(N)(C1CCCCC1)C1CCCCC1. The Hall–Kier alpha value is -1.10. The topological polar surface area (TPSA) is 99.6 Å². The maximum Gasteiger partial charge on any atom is 0.135 e. The number of rotatable bonds is 5. The van der Waals surface area contributed by atoms with Gasteiger partial charge in [0.1, 0.15) is 5.92 Å². The smallest absolute Gasteiger partial charge is 0.135 e. The summed E-state index contributed by atoms with van der Waals surface area (Å²) in [6.07, 6.45) is 12.4. The molecule has 0 bridgehead atoms. The molecule has 0 amide bonds. The lowest BCUT2D eigenvalue weighted by atomic mass is 9.55. The van der Waals surface area contributed by atoms with Crippen molar-refractivity contribution in [3.05, 3.63) is 0 Å². The van der Waals surface area contributed by atoms with Crippen LogP contribution in [0.3, 0.4) is 0 Å². The number of hydrogen-bond acceptors (Lipinski definition) is 4. The minimum atomic E-state index is -0.673. The summed E-state index contributed by atoms with van der Waals surface area (Å²) in [6, 6.07) is 4.18.